The van der Waals surface area contributed by atoms with Gasteiger partial charge in [-0.2, -0.15) is 13.1 Å². The van der Waals surface area contributed by atoms with Gasteiger partial charge in [-0.05, 0) is 78.4 Å². The lowest BCUT2D eigenvalue weighted by Crippen LogP contribution is -2.36. The van der Waals surface area contributed by atoms with Crippen LogP contribution in [0.2, 0.25) is 15.1 Å². The Balaban J connectivity index is 1.23. The number of carbonyl (C=O) groups excluding carboxylic acids is 1. The predicted octanol–water partition coefficient (Wildman–Crippen LogP) is 8.12. The van der Waals surface area contributed by atoms with Gasteiger partial charge in [0.2, 0.25) is 5.91 Å². The summed E-state index contributed by atoms with van der Waals surface area (Å²) in [4.78, 5) is 35.4. The molecule has 270 valence electrons. The van der Waals surface area contributed by atoms with Gasteiger partial charge in [-0.1, -0.05) is 59.1 Å². The summed E-state index contributed by atoms with van der Waals surface area (Å²) in [5.41, 5.74) is 2.27. The first kappa shape index (κ1) is 36.4. The van der Waals surface area contributed by atoms with Crippen LogP contribution in [0.5, 0.6) is 11.5 Å². The van der Waals surface area contributed by atoms with E-state index in [1.165, 1.54) is 72.3 Å². The second-order valence-electron chi connectivity index (χ2n) is 11.8. The van der Waals surface area contributed by atoms with Crippen LogP contribution in [-0.2, 0) is 21.2 Å². The van der Waals surface area contributed by atoms with Crippen LogP contribution in [0.15, 0.2) is 113 Å². The number of fused-ring (bicyclic) bond motifs is 1. The number of hydrogen-bond donors (Lipinski definition) is 3. The van der Waals surface area contributed by atoms with E-state index in [1.807, 2.05) is 0 Å². The number of rotatable bonds is 10. The number of nitrogens with one attached hydrogen (secondary N) is 2. The zero-order chi connectivity index (χ0) is 37.4. The van der Waals surface area contributed by atoms with Crippen LogP contribution in [0.1, 0.15) is 22.3 Å². The van der Waals surface area contributed by atoms with Crippen LogP contribution in [0.4, 0.5) is 17.1 Å². The van der Waals surface area contributed by atoms with Crippen LogP contribution in [0, 0.1) is 0 Å². The largest absolute Gasteiger partial charge is 0.507 e. The molecule has 1 unspecified atom stereocenters. The van der Waals surface area contributed by atoms with Crippen molar-refractivity contribution < 1.29 is 23.1 Å². The minimum atomic E-state index is -4.40. The normalized spacial score (nSPS) is 14.5. The highest BCUT2D eigenvalue weighted by molar-refractivity contribution is 8.00. The van der Waals surface area contributed by atoms with Crippen molar-refractivity contribution in [3.05, 3.63) is 146 Å². The number of ether oxygens (including phenoxy) is 1. The predicted molar refractivity (Wildman–Crippen MR) is 210 cm³/mol. The molecule has 3 N–H and O–H groups in total. The molecule has 1 saturated heterocycles. The Hall–Kier alpha value is -4.92. The molecule has 1 fully saturated rings. The molecule has 1 aliphatic rings. The summed E-state index contributed by atoms with van der Waals surface area (Å²) in [6.45, 7) is 0. The van der Waals surface area contributed by atoms with Crippen molar-refractivity contribution in [3.8, 4) is 11.5 Å². The van der Waals surface area contributed by atoms with Crippen LogP contribution in [0.25, 0.3) is 10.9 Å². The fraction of sp³-hybridized carbons (Fsp3) is 0.108. The summed E-state index contributed by atoms with van der Waals surface area (Å²) in [5.74, 6) is 0.446. The van der Waals surface area contributed by atoms with Gasteiger partial charge >= 0.3 is 0 Å². The van der Waals surface area contributed by atoms with Crippen LogP contribution in [-0.4, -0.2) is 42.0 Å². The first-order chi connectivity index (χ1) is 25.4. The fourth-order valence-electron chi connectivity index (χ4n) is 5.89. The average molecular weight is 809 g/mol. The summed E-state index contributed by atoms with van der Waals surface area (Å²) in [7, 11) is -2.91. The van der Waals surface area contributed by atoms with Crippen LogP contribution < -0.4 is 25.3 Å². The number of phenolic OH excluding ortho intramolecular Hbond substituents is 1. The molecule has 0 radical (unpaired) electrons. The van der Waals surface area contributed by atoms with E-state index in [9.17, 15) is 23.1 Å². The second kappa shape index (κ2) is 14.8. The van der Waals surface area contributed by atoms with Crippen molar-refractivity contribution in [3.63, 3.8) is 0 Å². The average Bonchev–Trinajstić information content (AvgIpc) is 3.52. The molecule has 0 aliphatic carbocycles. The number of thioether (sulfide) groups is 1. The van der Waals surface area contributed by atoms with Crippen molar-refractivity contribution in [2.24, 2.45) is 0 Å². The maximum atomic E-state index is 14.0. The number of sulfonamides is 1. The minimum absolute atomic E-state index is 0.00126. The van der Waals surface area contributed by atoms with Gasteiger partial charge in [-0.25, -0.2) is 9.82 Å². The third-order valence-corrected chi connectivity index (χ3v) is 11.9. The highest BCUT2D eigenvalue weighted by atomic mass is 35.5. The molecule has 1 aliphatic heterocycles. The Labute approximate surface area is 323 Å². The van der Waals surface area contributed by atoms with E-state index >= 15 is 0 Å². The number of aromatic nitrogens is 2. The van der Waals surface area contributed by atoms with E-state index in [0.29, 0.717) is 49.0 Å². The molecule has 6 aromatic rings. The number of anilines is 3. The number of hydrogen-bond acceptors (Lipinski definition) is 9. The molecule has 16 heteroatoms. The molecule has 0 bridgehead atoms. The van der Waals surface area contributed by atoms with Crippen molar-refractivity contribution in [1.82, 2.24) is 9.66 Å². The van der Waals surface area contributed by atoms with E-state index < -0.39 is 21.0 Å². The number of aromatic hydroxyl groups is 1. The van der Waals surface area contributed by atoms with Crippen molar-refractivity contribution in [1.29, 1.82) is 0 Å². The van der Waals surface area contributed by atoms with Gasteiger partial charge < -0.3 is 15.2 Å². The van der Waals surface area contributed by atoms with E-state index in [-0.39, 0.29) is 45.5 Å². The standard InChI is InChI=1S/C37H28Cl3N5O6S2/c1-51-24-12-16-27(32(46)19-24)37-44(34(47)20-52-37)23-10-13-25(14-11-23)53(49,50)43-45-33(41-31-18-22(38)9-15-26(31)36(45)48)17-21-5-2-3-8-30(21)42-35-28(39)6-4-7-29(35)40/h2-16,18-19,37,42-43,46H,17,20H2,1H3. The lowest BCUT2D eigenvalue weighted by Gasteiger charge is -2.25. The van der Waals surface area contributed by atoms with Gasteiger partial charge in [-0.3, -0.25) is 14.5 Å². The van der Waals surface area contributed by atoms with Crippen LogP contribution >= 0.6 is 46.6 Å². The minimum Gasteiger partial charge on any atom is -0.507 e. The number of para-hydroxylation sites is 2. The molecule has 1 amide bonds. The Morgan fingerprint density at radius 1 is 0.925 bits per heavy atom. The molecule has 1 atom stereocenters. The monoisotopic (exact) mass is 807 g/mol. The van der Waals surface area contributed by atoms with E-state index in [0.717, 1.165) is 4.68 Å². The number of phenols is 1. The SMILES string of the molecule is COc1ccc(C2SCC(=O)N2c2ccc(S(=O)(=O)Nn3c(Cc4ccccc4Nc4c(Cl)cccc4Cl)nc4cc(Cl)ccc4c3=O)cc2)c(O)c1. The smallest absolute Gasteiger partial charge is 0.280 e. The third kappa shape index (κ3) is 7.35. The highest BCUT2D eigenvalue weighted by Crippen LogP contribution is 2.45. The topological polar surface area (TPSA) is 143 Å². The van der Waals surface area contributed by atoms with Gasteiger partial charge in [0.15, 0.2) is 0 Å². The summed E-state index contributed by atoms with van der Waals surface area (Å²) < 4.78 is 33.9. The van der Waals surface area contributed by atoms with E-state index in [4.69, 9.17) is 39.5 Å². The second-order valence-corrected chi connectivity index (χ2v) is 15.8. The Morgan fingerprint density at radius 3 is 2.38 bits per heavy atom. The number of halogens is 3. The summed E-state index contributed by atoms with van der Waals surface area (Å²) in [6.07, 6.45) is -0.00126. The molecular weight excluding hydrogens is 781 g/mol. The molecule has 11 nitrogen and oxygen atoms in total. The van der Waals surface area contributed by atoms with Crippen LogP contribution in [0.3, 0.4) is 0 Å². The molecule has 0 spiro atoms. The summed E-state index contributed by atoms with van der Waals surface area (Å²) in [6, 6.07) is 27.3. The fourth-order valence-corrected chi connectivity index (χ4v) is 8.78. The summed E-state index contributed by atoms with van der Waals surface area (Å²) in [5, 5.41) is 14.6. The van der Waals surface area contributed by atoms with Gasteiger partial charge in [0.05, 0.1) is 44.4 Å². The quantitative estimate of drug-likeness (QED) is 0.125. The number of nitrogens with zero attached hydrogens (tertiary/aromatic N) is 3. The number of benzene rings is 5. The molecule has 2 heterocycles. The number of amides is 1. The molecule has 1 aromatic heterocycles. The number of methoxy groups -OCH3 is 1. The maximum absolute atomic E-state index is 14.0. The first-order valence-corrected chi connectivity index (χ1v) is 19.5. The molecule has 53 heavy (non-hydrogen) atoms. The summed E-state index contributed by atoms with van der Waals surface area (Å²) >= 11 is 20.4. The van der Waals surface area contributed by atoms with E-state index in [1.54, 1.807) is 54.6 Å². The molecule has 5 aromatic carbocycles. The first-order valence-electron chi connectivity index (χ1n) is 15.9. The lowest BCUT2D eigenvalue weighted by molar-refractivity contribution is -0.115. The molecular formula is C37H28Cl3N5O6S2. The zero-order valence-corrected chi connectivity index (χ0v) is 31.5. The van der Waals surface area contributed by atoms with Gasteiger partial charge in [0, 0.05) is 34.4 Å². The highest BCUT2D eigenvalue weighted by Gasteiger charge is 2.36. The molecule has 0 saturated carbocycles. The Morgan fingerprint density at radius 2 is 1.66 bits per heavy atom. The maximum Gasteiger partial charge on any atom is 0.280 e. The lowest BCUT2D eigenvalue weighted by atomic mass is 10.1. The Bertz CT molecular complexity index is 2550. The van der Waals surface area contributed by atoms with Gasteiger partial charge in [-0.15, -0.1) is 11.8 Å². The Kier molecular flexibility index (Phi) is 10.2. The third-order valence-electron chi connectivity index (χ3n) is 8.50. The van der Waals surface area contributed by atoms with E-state index in [2.05, 4.69) is 15.1 Å². The number of carbonyl (C=O) groups is 1. The van der Waals surface area contributed by atoms with Gasteiger partial charge in [0.1, 0.15) is 22.7 Å². The molecule has 7 rings (SSSR count). The van der Waals surface area contributed by atoms with Crippen molar-refractivity contribution in [2.45, 2.75) is 16.7 Å². The zero-order valence-electron chi connectivity index (χ0n) is 27.6. The van der Waals surface area contributed by atoms with Gasteiger partial charge in [0.25, 0.3) is 15.6 Å². The van der Waals surface area contributed by atoms with Crippen molar-refractivity contribution >= 4 is 90.5 Å². The van der Waals surface area contributed by atoms with Crippen molar-refractivity contribution in [2.75, 3.05) is 27.9 Å².